The summed E-state index contributed by atoms with van der Waals surface area (Å²) in [5.74, 6) is 0. The molecule has 0 bridgehead atoms. The number of hydrogen-bond acceptors (Lipinski definition) is 1. The highest BCUT2D eigenvalue weighted by atomic mass is 32.2. The van der Waals surface area contributed by atoms with E-state index in [2.05, 4.69) is 36.6 Å². The first-order valence-corrected chi connectivity index (χ1v) is 7.30. The standard InChI is InChI=1S/C13H19OS/c1-15(13-10-6-3-7-11-13)14-12-8-4-2-5-9-12/h3,6-7,10-12H,2,4-5,8-9H2,1H3/q+1. The summed E-state index contributed by atoms with van der Waals surface area (Å²) in [5.41, 5.74) is 0. The second-order valence-corrected chi connectivity index (χ2v) is 5.70. The Morgan fingerprint density at radius 1 is 1.07 bits per heavy atom. The van der Waals surface area contributed by atoms with Crippen molar-refractivity contribution >= 4 is 11.2 Å². The van der Waals surface area contributed by atoms with Crippen molar-refractivity contribution in [3.8, 4) is 0 Å². The zero-order valence-corrected chi connectivity index (χ0v) is 10.1. The SMILES string of the molecule is C[S+](OC1CCCCC1)c1ccccc1. The molecule has 0 amide bonds. The number of benzene rings is 1. The average Bonchev–Trinajstić information content (AvgIpc) is 2.31. The van der Waals surface area contributed by atoms with Gasteiger partial charge in [-0.1, -0.05) is 37.5 Å². The molecule has 2 rings (SSSR count). The summed E-state index contributed by atoms with van der Waals surface area (Å²) in [6.07, 6.45) is 9.28. The van der Waals surface area contributed by atoms with E-state index >= 15 is 0 Å². The third-order valence-corrected chi connectivity index (χ3v) is 4.40. The van der Waals surface area contributed by atoms with Crippen molar-refractivity contribution in [3.63, 3.8) is 0 Å². The molecule has 1 nitrogen and oxygen atoms in total. The topological polar surface area (TPSA) is 9.23 Å². The van der Waals surface area contributed by atoms with E-state index in [1.165, 1.54) is 37.0 Å². The van der Waals surface area contributed by atoms with Crippen LogP contribution in [0.15, 0.2) is 35.2 Å². The molecule has 1 fully saturated rings. The van der Waals surface area contributed by atoms with E-state index in [-0.39, 0.29) is 11.2 Å². The lowest BCUT2D eigenvalue weighted by atomic mass is 9.98. The van der Waals surface area contributed by atoms with Gasteiger partial charge in [0.1, 0.15) is 12.4 Å². The monoisotopic (exact) mass is 223 g/mol. The molecule has 1 unspecified atom stereocenters. The normalized spacial score (nSPS) is 20.1. The Labute approximate surface area is 95.4 Å². The Balaban J connectivity index is 1.88. The largest absolute Gasteiger partial charge is 0.189 e. The lowest BCUT2D eigenvalue weighted by molar-refractivity contribution is 0.179. The minimum atomic E-state index is -0.0310. The Hall–Kier alpha value is -0.470. The van der Waals surface area contributed by atoms with Crippen LogP contribution in [0.3, 0.4) is 0 Å². The zero-order chi connectivity index (χ0) is 10.5. The second-order valence-electron chi connectivity index (χ2n) is 4.12. The van der Waals surface area contributed by atoms with Crippen LogP contribution in [-0.4, -0.2) is 12.4 Å². The van der Waals surface area contributed by atoms with Crippen LogP contribution in [-0.2, 0) is 15.4 Å². The summed E-state index contributed by atoms with van der Waals surface area (Å²) in [4.78, 5) is 1.32. The molecule has 82 valence electrons. The van der Waals surface area contributed by atoms with E-state index in [1.54, 1.807) is 0 Å². The molecule has 0 aliphatic heterocycles. The van der Waals surface area contributed by atoms with Gasteiger partial charge < -0.3 is 0 Å². The summed E-state index contributed by atoms with van der Waals surface area (Å²) in [7, 11) is 0. The Kier molecular flexibility index (Phi) is 4.09. The lowest BCUT2D eigenvalue weighted by Crippen LogP contribution is -2.20. The molecule has 1 aliphatic carbocycles. The molecule has 0 radical (unpaired) electrons. The molecule has 0 spiro atoms. The highest BCUT2D eigenvalue weighted by Gasteiger charge is 2.25. The number of rotatable bonds is 3. The van der Waals surface area contributed by atoms with Crippen LogP contribution in [0, 0.1) is 0 Å². The lowest BCUT2D eigenvalue weighted by Gasteiger charge is -2.18. The Morgan fingerprint density at radius 2 is 1.73 bits per heavy atom. The average molecular weight is 223 g/mol. The van der Waals surface area contributed by atoms with Crippen molar-refractivity contribution in [2.75, 3.05) is 6.26 Å². The van der Waals surface area contributed by atoms with Gasteiger partial charge in [0.15, 0.2) is 16.1 Å². The van der Waals surface area contributed by atoms with E-state index in [0.29, 0.717) is 6.10 Å². The predicted molar refractivity (Wildman–Crippen MR) is 66.0 cm³/mol. The molecule has 0 aromatic heterocycles. The Morgan fingerprint density at radius 3 is 2.40 bits per heavy atom. The molecular weight excluding hydrogens is 204 g/mol. The minimum absolute atomic E-state index is 0.0310. The molecule has 0 N–H and O–H groups in total. The van der Waals surface area contributed by atoms with Crippen LogP contribution in [0.5, 0.6) is 0 Å². The molecule has 1 saturated carbocycles. The summed E-state index contributed by atoms with van der Waals surface area (Å²) in [6.45, 7) is 0. The van der Waals surface area contributed by atoms with Crippen LogP contribution < -0.4 is 0 Å². The van der Waals surface area contributed by atoms with E-state index in [0.717, 1.165) is 0 Å². The van der Waals surface area contributed by atoms with Gasteiger partial charge in [-0.05, 0) is 25.0 Å². The summed E-state index contributed by atoms with van der Waals surface area (Å²) < 4.78 is 6.11. The molecular formula is C13H19OS+. The van der Waals surface area contributed by atoms with E-state index in [1.807, 2.05) is 0 Å². The van der Waals surface area contributed by atoms with Crippen LogP contribution in [0.2, 0.25) is 0 Å². The van der Waals surface area contributed by atoms with Gasteiger partial charge in [0.2, 0.25) is 0 Å². The minimum Gasteiger partial charge on any atom is -0.165 e. The van der Waals surface area contributed by atoms with Crippen LogP contribution in [0.25, 0.3) is 0 Å². The molecule has 1 aromatic carbocycles. The van der Waals surface area contributed by atoms with Gasteiger partial charge in [0, 0.05) is 0 Å². The van der Waals surface area contributed by atoms with E-state index in [9.17, 15) is 0 Å². The van der Waals surface area contributed by atoms with Crippen molar-refractivity contribution in [1.29, 1.82) is 0 Å². The molecule has 15 heavy (non-hydrogen) atoms. The predicted octanol–water partition coefficient (Wildman–Crippen LogP) is 3.56. The molecule has 1 aliphatic rings. The smallest absolute Gasteiger partial charge is 0.165 e. The van der Waals surface area contributed by atoms with Crippen molar-refractivity contribution in [1.82, 2.24) is 0 Å². The maximum atomic E-state index is 6.11. The van der Waals surface area contributed by atoms with Crippen molar-refractivity contribution in [2.45, 2.75) is 43.1 Å². The van der Waals surface area contributed by atoms with Crippen molar-refractivity contribution in [2.24, 2.45) is 0 Å². The van der Waals surface area contributed by atoms with Gasteiger partial charge >= 0.3 is 0 Å². The highest BCUT2D eigenvalue weighted by molar-refractivity contribution is 7.91. The van der Waals surface area contributed by atoms with Gasteiger partial charge in [0.05, 0.1) is 0 Å². The maximum Gasteiger partial charge on any atom is 0.189 e. The van der Waals surface area contributed by atoms with Gasteiger partial charge in [0.25, 0.3) is 0 Å². The van der Waals surface area contributed by atoms with Gasteiger partial charge in [-0.15, -0.1) is 0 Å². The molecule has 0 saturated heterocycles. The highest BCUT2D eigenvalue weighted by Crippen LogP contribution is 2.24. The summed E-state index contributed by atoms with van der Waals surface area (Å²) >= 11 is -0.0310. The number of hydrogen-bond donors (Lipinski definition) is 0. The first kappa shape index (κ1) is 11.0. The first-order chi connectivity index (χ1) is 7.36. The third-order valence-electron chi connectivity index (χ3n) is 2.91. The molecule has 0 heterocycles. The third kappa shape index (κ3) is 3.25. The van der Waals surface area contributed by atoms with Gasteiger partial charge in [-0.2, -0.15) is 4.18 Å². The first-order valence-electron chi connectivity index (χ1n) is 5.74. The van der Waals surface area contributed by atoms with E-state index < -0.39 is 0 Å². The maximum absolute atomic E-state index is 6.11. The molecule has 1 aromatic rings. The second kappa shape index (κ2) is 5.57. The van der Waals surface area contributed by atoms with Gasteiger partial charge in [-0.3, -0.25) is 0 Å². The van der Waals surface area contributed by atoms with Crippen LogP contribution in [0.1, 0.15) is 32.1 Å². The quantitative estimate of drug-likeness (QED) is 0.712. The Bertz CT molecular complexity index is 280. The summed E-state index contributed by atoms with van der Waals surface area (Å²) in [5, 5.41) is 0. The van der Waals surface area contributed by atoms with E-state index in [4.69, 9.17) is 4.18 Å². The van der Waals surface area contributed by atoms with Crippen LogP contribution >= 0.6 is 0 Å². The van der Waals surface area contributed by atoms with Gasteiger partial charge in [-0.25, -0.2) is 0 Å². The fourth-order valence-electron chi connectivity index (χ4n) is 2.03. The fourth-order valence-corrected chi connectivity index (χ4v) is 3.29. The zero-order valence-electron chi connectivity index (χ0n) is 9.32. The molecule has 2 heteroatoms. The molecule has 1 atom stereocenters. The van der Waals surface area contributed by atoms with Crippen molar-refractivity contribution < 1.29 is 4.18 Å². The summed E-state index contributed by atoms with van der Waals surface area (Å²) in [6, 6.07) is 10.5. The fraction of sp³-hybridized carbons (Fsp3) is 0.538. The van der Waals surface area contributed by atoms with Crippen molar-refractivity contribution in [3.05, 3.63) is 30.3 Å². The van der Waals surface area contributed by atoms with Crippen LogP contribution in [0.4, 0.5) is 0 Å².